The number of carbonyl (C=O) groups is 2. The fraction of sp³-hybridized carbons (Fsp3) is 0.143. The molecular weight excluding hydrogens is 246 g/mol. The topological polar surface area (TPSA) is 68.5 Å². The van der Waals surface area contributed by atoms with Gasteiger partial charge in [-0.3, -0.25) is 9.59 Å². The molecule has 0 aliphatic carbocycles. The van der Waals surface area contributed by atoms with Crippen LogP contribution in [-0.4, -0.2) is 17.8 Å². The molecule has 1 atom stereocenters. The van der Waals surface area contributed by atoms with E-state index in [0.717, 1.165) is 0 Å². The van der Waals surface area contributed by atoms with Crippen LogP contribution in [0.15, 0.2) is 41.0 Å². The van der Waals surface area contributed by atoms with Gasteiger partial charge in [-0.15, -0.1) is 0 Å². The van der Waals surface area contributed by atoms with E-state index in [1.165, 1.54) is 6.26 Å². The summed E-state index contributed by atoms with van der Waals surface area (Å²) >= 11 is 0. The molecule has 0 spiro atoms. The third-order valence-electron chi connectivity index (χ3n) is 2.92. The van der Waals surface area contributed by atoms with E-state index < -0.39 is 6.10 Å². The molecule has 1 unspecified atom stereocenters. The standard InChI is InChI=1S/C14H11NO4/c1-8-14(17)15-10-7-9(4-5-11(10)19-8)13(16)12-3-2-6-18-12/h2-8H,1H3,(H,15,17). The van der Waals surface area contributed by atoms with E-state index in [1.807, 2.05) is 0 Å². The number of carbonyl (C=O) groups excluding carboxylic acids is 2. The maximum Gasteiger partial charge on any atom is 0.265 e. The van der Waals surface area contributed by atoms with Crippen molar-refractivity contribution < 1.29 is 18.7 Å². The van der Waals surface area contributed by atoms with Crippen LogP contribution >= 0.6 is 0 Å². The SMILES string of the molecule is CC1Oc2ccc(C(=O)c3ccco3)cc2NC1=O. The highest BCUT2D eigenvalue weighted by molar-refractivity contribution is 6.08. The zero-order valence-corrected chi connectivity index (χ0v) is 10.2. The quantitative estimate of drug-likeness (QED) is 0.837. The summed E-state index contributed by atoms with van der Waals surface area (Å²) in [4.78, 5) is 23.6. The first-order chi connectivity index (χ1) is 9.15. The average molecular weight is 257 g/mol. The lowest BCUT2D eigenvalue weighted by molar-refractivity contribution is -0.122. The van der Waals surface area contributed by atoms with Crippen molar-refractivity contribution in [2.75, 3.05) is 5.32 Å². The Balaban J connectivity index is 1.96. The minimum absolute atomic E-state index is 0.227. The Morgan fingerprint density at radius 3 is 2.89 bits per heavy atom. The molecule has 0 bridgehead atoms. The van der Waals surface area contributed by atoms with Crippen LogP contribution in [0.5, 0.6) is 5.75 Å². The maximum atomic E-state index is 12.1. The van der Waals surface area contributed by atoms with Gasteiger partial charge in [-0.2, -0.15) is 0 Å². The summed E-state index contributed by atoms with van der Waals surface area (Å²) in [7, 11) is 0. The normalized spacial score (nSPS) is 17.3. The van der Waals surface area contributed by atoms with Crippen molar-refractivity contribution in [1.82, 2.24) is 0 Å². The van der Waals surface area contributed by atoms with Gasteiger partial charge in [0.1, 0.15) is 5.75 Å². The van der Waals surface area contributed by atoms with E-state index in [0.29, 0.717) is 17.0 Å². The molecule has 96 valence electrons. The second-order valence-electron chi connectivity index (χ2n) is 4.27. The van der Waals surface area contributed by atoms with Crippen LogP contribution < -0.4 is 10.1 Å². The Bertz CT molecular complexity index is 645. The highest BCUT2D eigenvalue weighted by atomic mass is 16.5. The van der Waals surface area contributed by atoms with E-state index in [9.17, 15) is 9.59 Å². The molecule has 5 nitrogen and oxygen atoms in total. The van der Waals surface area contributed by atoms with Crippen LogP contribution in [-0.2, 0) is 4.79 Å². The molecule has 5 heteroatoms. The average Bonchev–Trinajstić information content (AvgIpc) is 2.93. The summed E-state index contributed by atoms with van der Waals surface area (Å²) in [5, 5.41) is 2.70. The van der Waals surface area contributed by atoms with Gasteiger partial charge in [-0.25, -0.2) is 0 Å². The molecule has 1 aromatic heterocycles. The Morgan fingerprint density at radius 1 is 1.32 bits per heavy atom. The van der Waals surface area contributed by atoms with Crippen LogP contribution in [0.25, 0.3) is 0 Å². The van der Waals surface area contributed by atoms with Crippen molar-refractivity contribution in [2.24, 2.45) is 0 Å². The van der Waals surface area contributed by atoms with E-state index in [-0.39, 0.29) is 17.5 Å². The number of ketones is 1. The van der Waals surface area contributed by atoms with Gasteiger partial charge < -0.3 is 14.5 Å². The number of rotatable bonds is 2. The minimum atomic E-state index is -0.529. The van der Waals surface area contributed by atoms with Gasteiger partial charge in [0.25, 0.3) is 5.91 Å². The number of anilines is 1. The number of amides is 1. The minimum Gasteiger partial charge on any atom is -0.479 e. The fourth-order valence-corrected chi connectivity index (χ4v) is 1.90. The molecule has 1 aromatic carbocycles. The Morgan fingerprint density at radius 2 is 2.16 bits per heavy atom. The van der Waals surface area contributed by atoms with E-state index in [2.05, 4.69) is 5.32 Å². The van der Waals surface area contributed by atoms with Crippen LogP contribution in [0.1, 0.15) is 23.0 Å². The lowest BCUT2D eigenvalue weighted by Crippen LogP contribution is -2.34. The lowest BCUT2D eigenvalue weighted by Gasteiger charge is -2.23. The molecule has 0 radical (unpaired) electrons. The Labute approximate surface area is 109 Å². The van der Waals surface area contributed by atoms with Gasteiger partial charge in [0.2, 0.25) is 5.78 Å². The van der Waals surface area contributed by atoms with E-state index in [4.69, 9.17) is 9.15 Å². The smallest absolute Gasteiger partial charge is 0.265 e. The number of hydrogen-bond acceptors (Lipinski definition) is 4. The number of nitrogens with one attached hydrogen (secondary N) is 1. The second kappa shape index (κ2) is 4.28. The van der Waals surface area contributed by atoms with Gasteiger partial charge in [-0.1, -0.05) is 0 Å². The third kappa shape index (κ3) is 1.99. The molecule has 19 heavy (non-hydrogen) atoms. The summed E-state index contributed by atoms with van der Waals surface area (Å²) in [6.07, 6.45) is 0.914. The van der Waals surface area contributed by atoms with Gasteiger partial charge in [0.15, 0.2) is 11.9 Å². The van der Waals surface area contributed by atoms with Crippen molar-refractivity contribution in [1.29, 1.82) is 0 Å². The van der Waals surface area contributed by atoms with E-state index >= 15 is 0 Å². The fourth-order valence-electron chi connectivity index (χ4n) is 1.90. The van der Waals surface area contributed by atoms with Crippen LogP contribution in [0.2, 0.25) is 0 Å². The molecule has 3 rings (SSSR count). The molecule has 1 aliphatic rings. The van der Waals surface area contributed by atoms with Gasteiger partial charge >= 0.3 is 0 Å². The zero-order valence-electron chi connectivity index (χ0n) is 10.2. The summed E-state index contributed by atoms with van der Waals surface area (Å²) in [5.74, 6) is 0.357. The van der Waals surface area contributed by atoms with Gasteiger partial charge in [-0.05, 0) is 37.3 Å². The molecule has 1 aliphatic heterocycles. The first-order valence-corrected chi connectivity index (χ1v) is 5.85. The highest BCUT2D eigenvalue weighted by Gasteiger charge is 2.24. The monoisotopic (exact) mass is 257 g/mol. The number of ether oxygens (including phenoxy) is 1. The maximum absolute atomic E-state index is 12.1. The Hall–Kier alpha value is -2.56. The molecule has 2 aromatic rings. The van der Waals surface area contributed by atoms with Crippen molar-refractivity contribution >= 4 is 17.4 Å². The van der Waals surface area contributed by atoms with Crippen molar-refractivity contribution in [3.63, 3.8) is 0 Å². The predicted octanol–water partition coefficient (Wildman–Crippen LogP) is 2.23. The number of furan rings is 1. The summed E-state index contributed by atoms with van der Waals surface area (Å²) in [6, 6.07) is 8.15. The molecule has 2 heterocycles. The predicted molar refractivity (Wildman–Crippen MR) is 67.3 cm³/mol. The molecule has 1 N–H and O–H groups in total. The number of fused-ring (bicyclic) bond motifs is 1. The van der Waals surface area contributed by atoms with Crippen LogP contribution in [0, 0.1) is 0 Å². The molecule has 0 saturated carbocycles. The van der Waals surface area contributed by atoms with Gasteiger partial charge in [0, 0.05) is 5.56 Å². The highest BCUT2D eigenvalue weighted by Crippen LogP contribution is 2.31. The lowest BCUT2D eigenvalue weighted by atomic mass is 10.1. The first-order valence-electron chi connectivity index (χ1n) is 5.85. The van der Waals surface area contributed by atoms with Crippen molar-refractivity contribution in [3.05, 3.63) is 47.9 Å². The third-order valence-corrected chi connectivity index (χ3v) is 2.92. The molecular formula is C14H11NO4. The molecule has 0 saturated heterocycles. The van der Waals surface area contributed by atoms with E-state index in [1.54, 1.807) is 37.3 Å². The Kier molecular flexibility index (Phi) is 2.59. The van der Waals surface area contributed by atoms with Crippen molar-refractivity contribution in [2.45, 2.75) is 13.0 Å². The van der Waals surface area contributed by atoms with Gasteiger partial charge in [0.05, 0.1) is 12.0 Å². The van der Waals surface area contributed by atoms with Crippen LogP contribution in [0.3, 0.4) is 0 Å². The second-order valence-corrected chi connectivity index (χ2v) is 4.27. The summed E-state index contributed by atoms with van der Waals surface area (Å²) in [6.45, 7) is 1.67. The number of benzene rings is 1. The number of hydrogen-bond donors (Lipinski definition) is 1. The summed E-state index contributed by atoms with van der Waals surface area (Å²) in [5.41, 5.74) is 0.938. The van der Waals surface area contributed by atoms with Crippen molar-refractivity contribution in [3.8, 4) is 5.75 Å². The summed E-state index contributed by atoms with van der Waals surface area (Å²) < 4.78 is 10.5. The van der Waals surface area contributed by atoms with Crippen LogP contribution in [0.4, 0.5) is 5.69 Å². The molecule has 0 fully saturated rings. The first kappa shape index (κ1) is 11.5. The molecule has 1 amide bonds. The largest absolute Gasteiger partial charge is 0.479 e. The zero-order chi connectivity index (χ0) is 13.4.